The van der Waals surface area contributed by atoms with Crippen LogP contribution >= 0.6 is 0 Å². The molecule has 0 radical (unpaired) electrons. The van der Waals surface area contributed by atoms with Crippen LogP contribution in [-0.4, -0.2) is 11.5 Å². The third-order valence-corrected chi connectivity index (χ3v) is 1.55. The Labute approximate surface area is 72.1 Å². The van der Waals surface area contributed by atoms with E-state index in [0.29, 0.717) is 5.56 Å². The molecule has 1 aromatic rings. The fraction of sp³-hybridized carbons (Fsp3) is 0.333. The van der Waals surface area contributed by atoms with Crippen molar-refractivity contribution in [1.82, 2.24) is 4.98 Å². The van der Waals surface area contributed by atoms with E-state index >= 15 is 0 Å². The highest BCUT2D eigenvalue weighted by molar-refractivity contribution is 5.46. The summed E-state index contributed by atoms with van der Waals surface area (Å²) in [5.41, 5.74) is 1.62. The molecule has 62 valence electrons. The van der Waals surface area contributed by atoms with Crippen molar-refractivity contribution in [2.24, 2.45) is 0 Å². The summed E-state index contributed by atoms with van der Waals surface area (Å²) in [5.74, 6) is 0.858. The maximum atomic E-state index is 8.57. The van der Waals surface area contributed by atoms with Crippen LogP contribution in [0.1, 0.15) is 18.1 Å². The monoisotopic (exact) mass is 161 g/mol. The van der Waals surface area contributed by atoms with Crippen molar-refractivity contribution in [1.29, 1.82) is 5.26 Å². The molecule has 1 rings (SSSR count). The van der Waals surface area contributed by atoms with E-state index < -0.39 is 0 Å². The van der Waals surface area contributed by atoms with Crippen molar-refractivity contribution in [3.8, 4) is 6.07 Å². The van der Waals surface area contributed by atoms with Crippen molar-refractivity contribution in [2.75, 3.05) is 11.9 Å². The van der Waals surface area contributed by atoms with Crippen LogP contribution in [0.2, 0.25) is 0 Å². The van der Waals surface area contributed by atoms with E-state index in [2.05, 4.69) is 10.3 Å². The second-order valence-corrected chi connectivity index (χ2v) is 2.53. The number of rotatable bonds is 2. The molecule has 0 bridgehead atoms. The van der Waals surface area contributed by atoms with Gasteiger partial charge in [0.1, 0.15) is 11.9 Å². The van der Waals surface area contributed by atoms with Crippen LogP contribution in [0.5, 0.6) is 0 Å². The van der Waals surface area contributed by atoms with Crippen LogP contribution in [-0.2, 0) is 0 Å². The molecule has 0 saturated heterocycles. The summed E-state index contributed by atoms with van der Waals surface area (Å²) < 4.78 is 0. The number of hydrogen-bond donors (Lipinski definition) is 1. The number of aromatic nitrogens is 1. The Balaban J connectivity index is 2.97. The Hall–Kier alpha value is -1.56. The predicted octanol–water partition coefficient (Wildman–Crippen LogP) is 1.69. The third-order valence-electron chi connectivity index (χ3n) is 1.55. The number of nitrogens with one attached hydrogen (secondary N) is 1. The van der Waals surface area contributed by atoms with Gasteiger partial charge in [0, 0.05) is 12.7 Å². The van der Waals surface area contributed by atoms with Crippen LogP contribution in [0.25, 0.3) is 0 Å². The molecule has 0 fully saturated rings. The molecule has 1 aromatic heterocycles. The van der Waals surface area contributed by atoms with E-state index in [9.17, 15) is 0 Å². The van der Waals surface area contributed by atoms with Crippen molar-refractivity contribution in [3.63, 3.8) is 0 Å². The minimum absolute atomic E-state index is 0.606. The molecule has 0 aliphatic carbocycles. The van der Waals surface area contributed by atoms with Crippen LogP contribution in [0.3, 0.4) is 0 Å². The van der Waals surface area contributed by atoms with Gasteiger partial charge in [0.2, 0.25) is 0 Å². The van der Waals surface area contributed by atoms with Gasteiger partial charge in [-0.1, -0.05) is 0 Å². The standard InChI is InChI=1S/C9H11N3/c1-3-11-9-7(2)4-8(5-10)6-12-9/h4,6H,3H2,1-2H3,(H,11,12). The van der Waals surface area contributed by atoms with E-state index in [1.807, 2.05) is 26.0 Å². The van der Waals surface area contributed by atoms with Gasteiger partial charge in [-0.15, -0.1) is 0 Å². The lowest BCUT2D eigenvalue weighted by Crippen LogP contribution is -2.01. The highest BCUT2D eigenvalue weighted by Gasteiger charge is 1.98. The molecule has 0 aromatic carbocycles. The van der Waals surface area contributed by atoms with Gasteiger partial charge in [-0.3, -0.25) is 0 Å². The van der Waals surface area contributed by atoms with E-state index in [-0.39, 0.29) is 0 Å². The fourth-order valence-electron chi connectivity index (χ4n) is 0.988. The lowest BCUT2D eigenvalue weighted by atomic mass is 10.2. The van der Waals surface area contributed by atoms with E-state index in [0.717, 1.165) is 17.9 Å². The number of anilines is 1. The topological polar surface area (TPSA) is 48.7 Å². The van der Waals surface area contributed by atoms with Gasteiger partial charge in [0.25, 0.3) is 0 Å². The van der Waals surface area contributed by atoms with Crippen molar-refractivity contribution >= 4 is 5.82 Å². The van der Waals surface area contributed by atoms with Crippen LogP contribution in [0.4, 0.5) is 5.82 Å². The summed E-state index contributed by atoms with van der Waals surface area (Å²) in [6, 6.07) is 3.87. The quantitative estimate of drug-likeness (QED) is 0.718. The maximum absolute atomic E-state index is 8.57. The van der Waals surface area contributed by atoms with Gasteiger partial charge in [0.05, 0.1) is 5.56 Å². The lowest BCUT2D eigenvalue weighted by Gasteiger charge is -2.04. The Morgan fingerprint density at radius 2 is 2.42 bits per heavy atom. The zero-order chi connectivity index (χ0) is 8.97. The van der Waals surface area contributed by atoms with Crippen LogP contribution in [0, 0.1) is 18.3 Å². The minimum Gasteiger partial charge on any atom is -0.370 e. The molecule has 0 unspecified atom stereocenters. The van der Waals surface area contributed by atoms with Crippen LogP contribution < -0.4 is 5.32 Å². The average Bonchev–Trinajstić information content (AvgIpc) is 2.09. The van der Waals surface area contributed by atoms with Gasteiger partial charge >= 0.3 is 0 Å². The second kappa shape index (κ2) is 3.72. The van der Waals surface area contributed by atoms with Gasteiger partial charge in [-0.25, -0.2) is 4.98 Å². The molecule has 0 aliphatic rings. The molecule has 1 N–H and O–H groups in total. The summed E-state index contributed by atoms with van der Waals surface area (Å²) >= 11 is 0. The maximum Gasteiger partial charge on any atom is 0.128 e. The number of aryl methyl sites for hydroxylation is 1. The van der Waals surface area contributed by atoms with Crippen molar-refractivity contribution in [3.05, 3.63) is 23.4 Å². The summed E-state index contributed by atoms with van der Waals surface area (Å²) in [7, 11) is 0. The summed E-state index contributed by atoms with van der Waals surface area (Å²) in [6.45, 7) is 4.80. The van der Waals surface area contributed by atoms with Gasteiger partial charge in [0.15, 0.2) is 0 Å². The highest BCUT2D eigenvalue weighted by atomic mass is 15.0. The molecule has 0 amide bonds. The van der Waals surface area contributed by atoms with Gasteiger partial charge in [-0.05, 0) is 25.5 Å². The fourth-order valence-corrected chi connectivity index (χ4v) is 0.988. The van der Waals surface area contributed by atoms with Crippen molar-refractivity contribution in [2.45, 2.75) is 13.8 Å². The van der Waals surface area contributed by atoms with Crippen molar-refractivity contribution < 1.29 is 0 Å². The first-order chi connectivity index (χ1) is 5.77. The molecule has 12 heavy (non-hydrogen) atoms. The normalized spacial score (nSPS) is 9.08. The molecule has 3 heteroatoms. The second-order valence-electron chi connectivity index (χ2n) is 2.53. The molecule has 3 nitrogen and oxygen atoms in total. The van der Waals surface area contributed by atoms with Gasteiger partial charge in [-0.2, -0.15) is 5.26 Å². The molecule has 0 saturated carbocycles. The number of nitrogens with zero attached hydrogens (tertiary/aromatic N) is 2. The first kappa shape index (κ1) is 8.54. The van der Waals surface area contributed by atoms with E-state index in [1.165, 1.54) is 0 Å². The first-order valence-electron chi connectivity index (χ1n) is 3.88. The third kappa shape index (κ3) is 1.73. The highest BCUT2D eigenvalue weighted by Crippen LogP contribution is 2.11. The molecule has 1 heterocycles. The Bertz CT molecular complexity index is 312. The molecule has 0 spiro atoms. The zero-order valence-electron chi connectivity index (χ0n) is 7.26. The smallest absolute Gasteiger partial charge is 0.128 e. The molecular weight excluding hydrogens is 150 g/mol. The van der Waals surface area contributed by atoms with E-state index in [1.54, 1.807) is 6.20 Å². The largest absolute Gasteiger partial charge is 0.370 e. The van der Waals surface area contributed by atoms with Crippen LogP contribution in [0.15, 0.2) is 12.3 Å². The zero-order valence-corrected chi connectivity index (χ0v) is 7.26. The minimum atomic E-state index is 0.606. The molecule has 0 atom stereocenters. The first-order valence-corrected chi connectivity index (χ1v) is 3.88. The number of nitriles is 1. The Kier molecular flexibility index (Phi) is 2.65. The number of hydrogen-bond acceptors (Lipinski definition) is 3. The van der Waals surface area contributed by atoms with Gasteiger partial charge < -0.3 is 5.32 Å². The Morgan fingerprint density at radius 1 is 1.67 bits per heavy atom. The average molecular weight is 161 g/mol. The summed E-state index contributed by atoms with van der Waals surface area (Å²) in [6.07, 6.45) is 1.57. The summed E-state index contributed by atoms with van der Waals surface area (Å²) in [4.78, 5) is 4.11. The predicted molar refractivity (Wildman–Crippen MR) is 47.9 cm³/mol. The molecular formula is C9H11N3. The van der Waals surface area contributed by atoms with E-state index in [4.69, 9.17) is 5.26 Å². The molecule has 0 aliphatic heterocycles. The summed E-state index contributed by atoms with van der Waals surface area (Å²) in [5, 5.41) is 11.7. The number of pyridine rings is 1. The lowest BCUT2D eigenvalue weighted by molar-refractivity contribution is 1.13. The SMILES string of the molecule is CCNc1ncc(C#N)cc1C. The Morgan fingerprint density at radius 3 is 2.92 bits per heavy atom.